The zero-order valence-electron chi connectivity index (χ0n) is 14.2. The third kappa shape index (κ3) is 10.5. The summed E-state index contributed by atoms with van der Waals surface area (Å²) < 4.78 is 24.2. The van der Waals surface area contributed by atoms with Crippen molar-refractivity contribution in [2.75, 3.05) is 25.6 Å². The highest BCUT2D eigenvalue weighted by Gasteiger charge is 2.09. The van der Waals surface area contributed by atoms with Gasteiger partial charge in [0.2, 0.25) is 0 Å². The Labute approximate surface area is 156 Å². The number of sulfone groups is 1. The van der Waals surface area contributed by atoms with Crippen molar-refractivity contribution in [2.45, 2.75) is 39.3 Å². The summed E-state index contributed by atoms with van der Waals surface area (Å²) in [6.07, 6.45) is 6.60. The fourth-order valence-corrected chi connectivity index (χ4v) is 2.71. The van der Waals surface area contributed by atoms with Crippen LogP contribution in [0.25, 0.3) is 0 Å². The quantitative estimate of drug-likeness (QED) is 0.265. The highest BCUT2D eigenvalue weighted by atomic mass is 127. The molecular formula is C14H28IN5O2S. The van der Waals surface area contributed by atoms with E-state index in [4.69, 9.17) is 0 Å². The summed E-state index contributed by atoms with van der Waals surface area (Å²) in [6, 6.07) is 0.0506. The molecule has 0 amide bonds. The molecule has 0 bridgehead atoms. The molecule has 0 radical (unpaired) electrons. The molecule has 134 valence electrons. The first-order valence-corrected chi connectivity index (χ1v) is 9.50. The van der Waals surface area contributed by atoms with Gasteiger partial charge in [0.05, 0.1) is 11.9 Å². The van der Waals surface area contributed by atoms with Gasteiger partial charge in [-0.15, -0.1) is 24.0 Å². The lowest BCUT2D eigenvalue weighted by Gasteiger charge is -2.17. The van der Waals surface area contributed by atoms with E-state index in [9.17, 15) is 8.42 Å². The first-order valence-electron chi connectivity index (χ1n) is 7.44. The summed E-state index contributed by atoms with van der Waals surface area (Å²) in [7, 11) is -1.22. The maximum Gasteiger partial charge on any atom is 0.191 e. The van der Waals surface area contributed by atoms with Crippen molar-refractivity contribution < 1.29 is 8.42 Å². The molecule has 7 nitrogen and oxygen atoms in total. The maximum absolute atomic E-state index is 11.2. The van der Waals surface area contributed by atoms with Crippen molar-refractivity contribution in [3.63, 3.8) is 0 Å². The molecule has 0 aliphatic heterocycles. The van der Waals surface area contributed by atoms with Crippen molar-refractivity contribution in [2.24, 2.45) is 4.99 Å². The normalized spacial score (nSPS) is 13.3. The molecule has 0 saturated heterocycles. The molecule has 1 aromatic rings. The Morgan fingerprint density at radius 1 is 1.48 bits per heavy atom. The van der Waals surface area contributed by atoms with Crippen LogP contribution in [-0.2, 0) is 16.4 Å². The van der Waals surface area contributed by atoms with E-state index in [1.165, 1.54) is 6.26 Å². The Hall–Kier alpha value is -0.840. The molecule has 1 heterocycles. The number of rotatable bonds is 8. The van der Waals surface area contributed by atoms with Gasteiger partial charge in [-0.3, -0.25) is 9.67 Å². The number of aliphatic imine (C=N–C) groups is 1. The topological polar surface area (TPSA) is 88.4 Å². The second kappa shape index (κ2) is 10.8. The Bertz CT molecular complexity index is 586. The first-order chi connectivity index (χ1) is 10.3. The standard InChI is InChI=1S/C14H27N5O2S.HI/c1-12-10-17-19(11-12)8-5-7-16-14(15-3)18-13(2)6-9-22(4,20)21;/h10-11,13H,5-9H2,1-4H3,(H2,15,16,18);1H. The minimum absolute atomic E-state index is 0. The predicted octanol–water partition coefficient (Wildman–Crippen LogP) is 1.19. The van der Waals surface area contributed by atoms with E-state index in [0.717, 1.165) is 25.1 Å². The molecule has 0 aliphatic rings. The van der Waals surface area contributed by atoms with E-state index in [2.05, 4.69) is 20.7 Å². The number of guanidine groups is 1. The lowest BCUT2D eigenvalue weighted by molar-refractivity contribution is 0.561. The minimum Gasteiger partial charge on any atom is -0.356 e. The second-order valence-corrected chi connectivity index (χ2v) is 7.86. The Morgan fingerprint density at radius 2 is 2.17 bits per heavy atom. The number of nitrogens with one attached hydrogen (secondary N) is 2. The fourth-order valence-electron chi connectivity index (χ4n) is 1.93. The Morgan fingerprint density at radius 3 is 2.70 bits per heavy atom. The minimum atomic E-state index is -2.92. The number of aromatic nitrogens is 2. The number of halogens is 1. The molecule has 2 N–H and O–H groups in total. The van der Waals surface area contributed by atoms with Crippen LogP contribution in [0.2, 0.25) is 0 Å². The second-order valence-electron chi connectivity index (χ2n) is 5.60. The first kappa shape index (κ1) is 22.2. The summed E-state index contributed by atoms with van der Waals surface area (Å²) >= 11 is 0. The smallest absolute Gasteiger partial charge is 0.191 e. The van der Waals surface area contributed by atoms with Crippen LogP contribution in [0.5, 0.6) is 0 Å². The van der Waals surface area contributed by atoms with Gasteiger partial charge in [-0.05, 0) is 32.3 Å². The third-order valence-corrected chi connectivity index (χ3v) is 4.12. The molecule has 1 unspecified atom stereocenters. The highest BCUT2D eigenvalue weighted by molar-refractivity contribution is 14.0. The monoisotopic (exact) mass is 457 g/mol. The average molecular weight is 457 g/mol. The van der Waals surface area contributed by atoms with E-state index in [1.807, 2.05) is 30.9 Å². The molecule has 23 heavy (non-hydrogen) atoms. The molecule has 1 aromatic heterocycles. The Kier molecular flexibility index (Phi) is 10.4. The van der Waals surface area contributed by atoms with Crippen LogP contribution in [0.4, 0.5) is 0 Å². The van der Waals surface area contributed by atoms with Crippen LogP contribution in [0, 0.1) is 6.92 Å². The van der Waals surface area contributed by atoms with Crippen LogP contribution in [0.15, 0.2) is 17.4 Å². The van der Waals surface area contributed by atoms with Gasteiger partial charge in [0.15, 0.2) is 5.96 Å². The maximum atomic E-state index is 11.2. The van der Waals surface area contributed by atoms with E-state index >= 15 is 0 Å². The Balaban J connectivity index is 0.00000484. The van der Waals surface area contributed by atoms with Crippen LogP contribution in [0.1, 0.15) is 25.3 Å². The van der Waals surface area contributed by atoms with Gasteiger partial charge in [0.25, 0.3) is 0 Å². The molecular weight excluding hydrogens is 429 g/mol. The van der Waals surface area contributed by atoms with Crippen LogP contribution in [-0.4, -0.2) is 55.8 Å². The van der Waals surface area contributed by atoms with Gasteiger partial charge in [0, 0.05) is 38.6 Å². The number of aryl methyl sites for hydroxylation is 2. The summed E-state index contributed by atoms with van der Waals surface area (Å²) in [5.41, 5.74) is 1.16. The van der Waals surface area contributed by atoms with Crippen molar-refractivity contribution >= 4 is 39.8 Å². The molecule has 0 aromatic carbocycles. The summed E-state index contributed by atoms with van der Waals surface area (Å²) in [6.45, 7) is 5.59. The molecule has 0 spiro atoms. The lowest BCUT2D eigenvalue weighted by Crippen LogP contribution is -2.43. The zero-order chi connectivity index (χ0) is 16.6. The van der Waals surface area contributed by atoms with Crippen molar-refractivity contribution in [1.29, 1.82) is 0 Å². The third-order valence-electron chi connectivity index (χ3n) is 3.15. The van der Waals surface area contributed by atoms with Gasteiger partial charge in [-0.25, -0.2) is 8.42 Å². The molecule has 0 saturated carbocycles. The largest absolute Gasteiger partial charge is 0.356 e. The van der Waals surface area contributed by atoms with Crippen LogP contribution >= 0.6 is 24.0 Å². The van der Waals surface area contributed by atoms with E-state index in [1.54, 1.807) is 7.05 Å². The SMILES string of the molecule is CN=C(NCCCn1cc(C)cn1)NC(C)CCS(C)(=O)=O.I. The van der Waals surface area contributed by atoms with Crippen molar-refractivity contribution in [1.82, 2.24) is 20.4 Å². The summed E-state index contributed by atoms with van der Waals surface area (Å²) in [5, 5.41) is 10.7. The van der Waals surface area contributed by atoms with Gasteiger partial charge in [-0.1, -0.05) is 0 Å². The van der Waals surface area contributed by atoms with Gasteiger partial charge in [-0.2, -0.15) is 5.10 Å². The molecule has 9 heteroatoms. The van der Waals surface area contributed by atoms with E-state index in [0.29, 0.717) is 12.4 Å². The molecule has 1 rings (SSSR count). The van der Waals surface area contributed by atoms with Crippen molar-refractivity contribution in [3.05, 3.63) is 18.0 Å². The van der Waals surface area contributed by atoms with E-state index in [-0.39, 0.29) is 35.8 Å². The molecule has 0 aliphatic carbocycles. The number of nitrogens with zero attached hydrogens (tertiary/aromatic N) is 3. The van der Waals surface area contributed by atoms with E-state index < -0.39 is 9.84 Å². The molecule has 1 atom stereocenters. The highest BCUT2D eigenvalue weighted by Crippen LogP contribution is 1.96. The van der Waals surface area contributed by atoms with Gasteiger partial charge < -0.3 is 10.6 Å². The van der Waals surface area contributed by atoms with Crippen LogP contribution < -0.4 is 10.6 Å². The average Bonchev–Trinajstić information content (AvgIpc) is 2.85. The fraction of sp³-hybridized carbons (Fsp3) is 0.714. The van der Waals surface area contributed by atoms with Gasteiger partial charge in [0.1, 0.15) is 9.84 Å². The predicted molar refractivity (Wildman–Crippen MR) is 105 cm³/mol. The number of hydrogen-bond donors (Lipinski definition) is 2. The zero-order valence-corrected chi connectivity index (χ0v) is 17.4. The molecule has 0 fully saturated rings. The number of hydrogen-bond acceptors (Lipinski definition) is 4. The summed E-state index contributed by atoms with van der Waals surface area (Å²) in [5.74, 6) is 0.870. The van der Waals surface area contributed by atoms with Crippen LogP contribution in [0.3, 0.4) is 0 Å². The van der Waals surface area contributed by atoms with Gasteiger partial charge >= 0.3 is 0 Å². The lowest BCUT2D eigenvalue weighted by atomic mass is 10.3. The van der Waals surface area contributed by atoms with Crippen molar-refractivity contribution in [3.8, 4) is 0 Å². The summed E-state index contributed by atoms with van der Waals surface area (Å²) in [4.78, 5) is 4.14.